The quantitative estimate of drug-likeness (QED) is 0.418. The van der Waals surface area contributed by atoms with Gasteiger partial charge in [0, 0.05) is 10.7 Å². The Bertz CT molecular complexity index is 1430. The van der Waals surface area contributed by atoms with Crippen LogP contribution in [0.1, 0.15) is 11.1 Å². The highest BCUT2D eigenvalue weighted by atomic mass is 79.9. The second-order valence-electron chi connectivity index (χ2n) is 6.94. The Balaban J connectivity index is 1.73. The molecule has 0 aliphatic heterocycles. The van der Waals surface area contributed by atoms with E-state index in [9.17, 15) is 13.2 Å². The van der Waals surface area contributed by atoms with Crippen LogP contribution in [0.15, 0.2) is 57.9 Å². The maximum Gasteiger partial charge on any atom is 0.262 e. The zero-order valence-corrected chi connectivity index (χ0v) is 20.6. The van der Waals surface area contributed by atoms with Gasteiger partial charge in [-0.15, -0.1) is 0 Å². The summed E-state index contributed by atoms with van der Waals surface area (Å²) in [5.41, 5.74) is 1.04. The Morgan fingerprint density at radius 3 is 2.62 bits per heavy atom. The molecule has 0 bridgehead atoms. The van der Waals surface area contributed by atoms with Gasteiger partial charge < -0.3 is 14.8 Å². The molecule has 0 atom stereocenters. The normalized spacial score (nSPS) is 10.9. The van der Waals surface area contributed by atoms with Crippen molar-refractivity contribution in [1.29, 1.82) is 5.26 Å². The summed E-state index contributed by atoms with van der Waals surface area (Å²) in [6, 6.07) is 12.9. The van der Waals surface area contributed by atoms with Gasteiger partial charge in [-0.25, -0.2) is 13.6 Å². The molecular formula is C22H16BrClFN3O5S. The molecular weight excluding hydrogens is 553 g/mol. The van der Waals surface area contributed by atoms with Crippen molar-refractivity contribution in [3.8, 4) is 23.3 Å². The van der Waals surface area contributed by atoms with E-state index < -0.39 is 28.4 Å². The number of aryl methyl sites for hydroxylation is 1. The highest BCUT2D eigenvalue weighted by molar-refractivity contribution is 9.10. The van der Waals surface area contributed by atoms with E-state index in [1.165, 1.54) is 48.5 Å². The van der Waals surface area contributed by atoms with Crippen molar-refractivity contribution in [2.75, 3.05) is 11.9 Å². The number of primary sulfonamides is 1. The SMILES string of the molecule is Cc1cc(S(N)(=O)=O)ccc1NC(=O)COc1ccc(Br)c(Oc2cc(Cl)cc(C#N)c2)c1F. The van der Waals surface area contributed by atoms with Crippen LogP contribution in [0.25, 0.3) is 0 Å². The maximum atomic E-state index is 15.0. The smallest absolute Gasteiger partial charge is 0.262 e. The third-order valence-corrected chi connectivity index (χ3v) is 6.15. The Hall–Kier alpha value is -3.17. The van der Waals surface area contributed by atoms with Gasteiger partial charge in [0.05, 0.1) is 21.0 Å². The number of carbonyl (C=O) groups excluding carboxylic acids is 1. The van der Waals surface area contributed by atoms with Gasteiger partial charge in [0.2, 0.25) is 15.8 Å². The van der Waals surface area contributed by atoms with E-state index >= 15 is 4.39 Å². The fourth-order valence-electron chi connectivity index (χ4n) is 2.81. The highest BCUT2D eigenvalue weighted by Gasteiger charge is 2.18. The molecule has 34 heavy (non-hydrogen) atoms. The molecule has 3 rings (SSSR count). The van der Waals surface area contributed by atoms with Crippen LogP contribution in [-0.2, 0) is 14.8 Å². The summed E-state index contributed by atoms with van der Waals surface area (Å²) in [4.78, 5) is 12.2. The first-order chi connectivity index (χ1) is 16.0. The van der Waals surface area contributed by atoms with Crippen molar-refractivity contribution >= 4 is 49.1 Å². The first-order valence-corrected chi connectivity index (χ1v) is 12.1. The van der Waals surface area contributed by atoms with Gasteiger partial charge in [0.25, 0.3) is 5.91 Å². The molecule has 12 heteroatoms. The molecule has 0 aliphatic carbocycles. The highest BCUT2D eigenvalue weighted by Crippen LogP contribution is 2.38. The number of nitrogens with two attached hydrogens (primary N) is 1. The molecule has 0 saturated heterocycles. The molecule has 0 unspecified atom stereocenters. The largest absolute Gasteiger partial charge is 0.481 e. The third-order valence-electron chi connectivity index (χ3n) is 4.39. The van der Waals surface area contributed by atoms with E-state index in [4.69, 9.17) is 31.5 Å². The maximum absolute atomic E-state index is 15.0. The second kappa shape index (κ2) is 10.4. The number of nitrogens with zero attached hydrogens (tertiary/aromatic N) is 1. The van der Waals surface area contributed by atoms with Crippen LogP contribution in [0.2, 0.25) is 5.02 Å². The van der Waals surface area contributed by atoms with E-state index in [1.807, 2.05) is 6.07 Å². The lowest BCUT2D eigenvalue weighted by Gasteiger charge is -2.14. The molecule has 0 spiro atoms. The predicted octanol–water partition coefficient (Wildman–Crippen LogP) is 4.88. The van der Waals surface area contributed by atoms with Crippen molar-refractivity contribution in [3.05, 3.63) is 75.0 Å². The van der Waals surface area contributed by atoms with Gasteiger partial charge >= 0.3 is 0 Å². The predicted molar refractivity (Wildman–Crippen MR) is 127 cm³/mol. The first-order valence-electron chi connectivity index (χ1n) is 9.40. The minimum Gasteiger partial charge on any atom is -0.481 e. The first kappa shape index (κ1) is 25.5. The van der Waals surface area contributed by atoms with Crippen LogP contribution in [0.4, 0.5) is 10.1 Å². The number of nitrogens with one attached hydrogen (secondary N) is 1. The second-order valence-corrected chi connectivity index (χ2v) is 9.79. The molecule has 3 aromatic carbocycles. The van der Waals surface area contributed by atoms with Crippen LogP contribution in [0, 0.1) is 24.1 Å². The Labute approximate surface area is 208 Å². The molecule has 3 aromatic rings. The zero-order chi connectivity index (χ0) is 25.0. The number of ether oxygens (including phenoxy) is 2. The molecule has 3 N–H and O–H groups in total. The molecule has 0 fully saturated rings. The van der Waals surface area contributed by atoms with Crippen molar-refractivity contribution in [3.63, 3.8) is 0 Å². The van der Waals surface area contributed by atoms with Crippen molar-refractivity contribution in [2.24, 2.45) is 5.14 Å². The van der Waals surface area contributed by atoms with Gasteiger partial charge in [-0.1, -0.05) is 11.6 Å². The third kappa shape index (κ3) is 6.24. The Morgan fingerprint density at radius 2 is 1.97 bits per heavy atom. The van der Waals surface area contributed by atoms with Gasteiger partial charge in [-0.3, -0.25) is 4.79 Å². The number of hydrogen-bond donors (Lipinski definition) is 2. The fourth-order valence-corrected chi connectivity index (χ4v) is 4.02. The van der Waals surface area contributed by atoms with Crippen molar-refractivity contribution < 1.29 is 27.1 Å². The summed E-state index contributed by atoms with van der Waals surface area (Å²) in [7, 11) is -3.88. The molecule has 0 aromatic heterocycles. The van der Waals surface area contributed by atoms with E-state index in [0.29, 0.717) is 11.3 Å². The lowest BCUT2D eigenvalue weighted by Crippen LogP contribution is -2.21. The number of sulfonamides is 1. The Morgan fingerprint density at radius 1 is 1.24 bits per heavy atom. The molecule has 0 saturated carbocycles. The van der Waals surface area contributed by atoms with Gasteiger partial charge in [0.15, 0.2) is 18.1 Å². The van der Waals surface area contributed by atoms with Crippen molar-refractivity contribution in [1.82, 2.24) is 0 Å². The molecule has 0 heterocycles. The van der Waals surface area contributed by atoms with Gasteiger partial charge in [0.1, 0.15) is 5.75 Å². The van der Waals surface area contributed by atoms with Crippen LogP contribution in [-0.4, -0.2) is 20.9 Å². The monoisotopic (exact) mass is 567 g/mol. The Kier molecular flexibility index (Phi) is 7.78. The number of nitriles is 1. The number of halogens is 3. The standard InChI is InChI=1S/C22H16BrClFN3O5S/c1-12-6-16(34(27,30)31)2-4-18(12)28-20(29)11-32-19-5-3-17(23)22(21(19)25)33-15-8-13(10-26)7-14(24)9-15/h2-9H,11H2,1H3,(H,28,29)(H2,27,30,31). The van der Waals surface area contributed by atoms with Crippen LogP contribution < -0.4 is 19.9 Å². The summed E-state index contributed by atoms with van der Waals surface area (Å²) >= 11 is 9.15. The summed E-state index contributed by atoms with van der Waals surface area (Å²) in [6.07, 6.45) is 0. The van der Waals surface area contributed by atoms with Crippen LogP contribution in [0.3, 0.4) is 0 Å². The number of carbonyl (C=O) groups is 1. The summed E-state index contributed by atoms with van der Waals surface area (Å²) in [5.74, 6) is -1.83. The average Bonchev–Trinajstić information content (AvgIpc) is 2.76. The number of amides is 1. The van der Waals surface area contributed by atoms with E-state index in [0.717, 1.165) is 0 Å². The molecule has 8 nitrogen and oxygen atoms in total. The minimum atomic E-state index is -3.88. The molecule has 1 amide bonds. The average molecular weight is 569 g/mol. The summed E-state index contributed by atoms with van der Waals surface area (Å²) in [5, 5.41) is 16.9. The fraction of sp³-hybridized carbons (Fsp3) is 0.0909. The minimum absolute atomic E-state index is 0.0923. The summed E-state index contributed by atoms with van der Waals surface area (Å²) in [6.45, 7) is 1.06. The van der Waals surface area contributed by atoms with Gasteiger partial charge in [-0.05, 0) is 76.9 Å². The van der Waals surface area contributed by atoms with E-state index in [-0.39, 0.29) is 37.2 Å². The van der Waals surface area contributed by atoms with Crippen LogP contribution in [0.5, 0.6) is 17.2 Å². The van der Waals surface area contributed by atoms with E-state index in [1.54, 1.807) is 6.92 Å². The number of anilines is 1. The van der Waals surface area contributed by atoms with Crippen molar-refractivity contribution in [2.45, 2.75) is 11.8 Å². The van der Waals surface area contributed by atoms with E-state index in [2.05, 4.69) is 21.2 Å². The number of rotatable bonds is 7. The molecule has 0 radical (unpaired) electrons. The van der Waals surface area contributed by atoms with Crippen LogP contribution >= 0.6 is 27.5 Å². The molecule has 176 valence electrons. The number of benzene rings is 3. The lowest BCUT2D eigenvalue weighted by molar-refractivity contribution is -0.118. The van der Waals surface area contributed by atoms with Gasteiger partial charge in [-0.2, -0.15) is 9.65 Å². The number of hydrogen-bond acceptors (Lipinski definition) is 6. The zero-order valence-electron chi connectivity index (χ0n) is 17.4. The molecule has 0 aliphatic rings. The topological polar surface area (TPSA) is 132 Å². The summed E-state index contributed by atoms with van der Waals surface area (Å²) < 4.78 is 49.0. The lowest BCUT2D eigenvalue weighted by atomic mass is 10.2.